The van der Waals surface area contributed by atoms with Crippen molar-refractivity contribution in [2.24, 2.45) is 5.92 Å². The summed E-state index contributed by atoms with van der Waals surface area (Å²) in [5, 5.41) is 3.57. The van der Waals surface area contributed by atoms with Gasteiger partial charge in [-0.05, 0) is 18.8 Å². The van der Waals surface area contributed by atoms with Gasteiger partial charge in [0, 0.05) is 20.1 Å². The fourth-order valence-corrected chi connectivity index (χ4v) is 2.13. The molecule has 0 radical (unpaired) electrons. The summed E-state index contributed by atoms with van der Waals surface area (Å²) in [7, 11) is 1.81. The SMILES string of the molecule is CNc1ncc(Cl)c(N2CCC(C)CC2)n1. The molecule has 2 heterocycles. The minimum atomic E-state index is 0.623. The Balaban J connectivity index is 2.19. The van der Waals surface area contributed by atoms with Gasteiger partial charge in [-0.1, -0.05) is 18.5 Å². The Bertz CT molecular complexity index is 361. The third-order valence-corrected chi connectivity index (χ3v) is 3.30. The lowest BCUT2D eigenvalue weighted by Gasteiger charge is -2.31. The van der Waals surface area contributed by atoms with Crippen molar-refractivity contribution in [1.29, 1.82) is 0 Å². The van der Waals surface area contributed by atoms with E-state index in [0.717, 1.165) is 24.8 Å². The Morgan fingerprint density at radius 3 is 2.75 bits per heavy atom. The highest BCUT2D eigenvalue weighted by Gasteiger charge is 2.19. The van der Waals surface area contributed by atoms with Crippen molar-refractivity contribution in [3.8, 4) is 0 Å². The van der Waals surface area contributed by atoms with E-state index in [-0.39, 0.29) is 0 Å². The molecule has 1 aliphatic rings. The molecule has 5 heteroatoms. The normalized spacial score (nSPS) is 17.6. The number of halogens is 1. The van der Waals surface area contributed by atoms with Crippen LogP contribution in [0.3, 0.4) is 0 Å². The van der Waals surface area contributed by atoms with E-state index in [1.807, 2.05) is 7.05 Å². The van der Waals surface area contributed by atoms with Gasteiger partial charge in [-0.25, -0.2) is 4.98 Å². The number of nitrogens with zero attached hydrogens (tertiary/aromatic N) is 3. The molecular weight excluding hydrogens is 224 g/mol. The molecule has 0 atom stereocenters. The number of aromatic nitrogens is 2. The fourth-order valence-electron chi connectivity index (χ4n) is 1.92. The van der Waals surface area contributed by atoms with Crippen molar-refractivity contribution in [1.82, 2.24) is 9.97 Å². The molecule has 4 nitrogen and oxygen atoms in total. The van der Waals surface area contributed by atoms with Crippen LogP contribution >= 0.6 is 11.6 Å². The predicted octanol–water partition coefficient (Wildman–Crippen LogP) is 2.41. The van der Waals surface area contributed by atoms with Crippen LogP contribution < -0.4 is 10.2 Å². The van der Waals surface area contributed by atoms with E-state index < -0.39 is 0 Å². The molecule has 1 aromatic heterocycles. The molecule has 1 fully saturated rings. The summed E-state index contributed by atoms with van der Waals surface area (Å²) in [6, 6.07) is 0. The first-order valence-electron chi connectivity index (χ1n) is 5.66. The molecular formula is C11H17ClN4. The summed E-state index contributed by atoms with van der Waals surface area (Å²) in [6.07, 6.45) is 4.07. The number of hydrogen-bond acceptors (Lipinski definition) is 4. The van der Waals surface area contributed by atoms with Gasteiger partial charge in [-0.2, -0.15) is 4.98 Å². The quantitative estimate of drug-likeness (QED) is 0.862. The Labute approximate surface area is 101 Å². The Morgan fingerprint density at radius 1 is 1.44 bits per heavy atom. The van der Waals surface area contributed by atoms with E-state index in [1.54, 1.807) is 6.20 Å². The van der Waals surface area contributed by atoms with Crippen molar-refractivity contribution in [2.45, 2.75) is 19.8 Å². The fraction of sp³-hybridized carbons (Fsp3) is 0.636. The lowest BCUT2D eigenvalue weighted by Crippen LogP contribution is -2.33. The van der Waals surface area contributed by atoms with Gasteiger partial charge in [0.05, 0.1) is 6.20 Å². The van der Waals surface area contributed by atoms with Gasteiger partial charge in [0.25, 0.3) is 0 Å². The smallest absolute Gasteiger partial charge is 0.224 e. The highest BCUT2D eigenvalue weighted by Crippen LogP contribution is 2.27. The first-order chi connectivity index (χ1) is 7.70. The zero-order chi connectivity index (χ0) is 11.5. The Hall–Kier alpha value is -1.03. The third kappa shape index (κ3) is 2.38. The molecule has 88 valence electrons. The van der Waals surface area contributed by atoms with E-state index in [9.17, 15) is 0 Å². The lowest BCUT2D eigenvalue weighted by atomic mass is 9.99. The van der Waals surface area contributed by atoms with Crippen molar-refractivity contribution in [3.63, 3.8) is 0 Å². The first-order valence-corrected chi connectivity index (χ1v) is 6.03. The minimum absolute atomic E-state index is 0.623. The van der Waals surface area contributed by atoms with Crippen LogP contribution in [0.4, 0.5) is 11.8 Å². The second kappa shape index (κ2) is 4.87. The molecule has 2 rings (SSSR count). The molecule has 0 bridgehead atoms. The van der Waals surface area contributed by atoms with Crippen LogP contribution in [0.1, 0.15) is 19.8 Å². The molecule has 1 aliphatic heterocycles. The monoisotopic (exact) mass is 240 g/mol. The summed E-state index contributed by atoms with van der Waals surface area (Å²) in [6.45, 7) is 4.35. The number of rotatable bonds is 2. The maximum atomic E-state index is 6.13. The van der Waals surface area contributed by atoms with E-state index in [0.29, 0.717) is 11.0 Å². The van der Waals surface area contributed by atoms with E-state index >= 15 is 0 Å². The van der Waals surface area contributed by atoms with Crippen molar-refractivity contribution < 1.29 is 0 Å². The van der Waals surface area contributed by atoms with Gasteiger partial charge in [0.15, 0.2) is 5.82 Å². The van der Waals surface area contributed by atoms with Crippen LogP contribution in [0.25, 0.3) is 0 Å². The predicted molar refractivity (Wildman–Crippen MR) is 67.2 cm³/mol. The standard InChI is InChI=1S/C11H17ClN4/c1-8-3-5-16(6-4-8)10-9(12)7-14-11(13-2)15-10/h7-8H,3-6H2,1-2H3,(H,13,14,15). The van der Waals surface area contributed by atoms with E-state index in [4.69, 9.17) is 11.6 Å². The summed E-state index contributed by atoms with van der Waals surface area (Å²) in [5.74, 6) is 2.28. The number of piperidine rings is 1. The molecule has 1 saturated heterocycles. The molecule has 16 heavy (non-hydrogen) atoms. The molecule has 1 N–H and O–H groups in total. The zero-order valence-corrected chi connectivity index (χ0v) is 10.5. The van der Waals surface area contributed by atoms with Gasteiger partial charge in [-0.15, -0.1) is 0 Å². The lowest BCUT2D eigenvalue weighted by molar-refractivity contribution is 0.436. The number of anilines is 2. The summed E-state index contributed by atoms with van der Waals surface area (Å²) in [5.41, 5.74) is 0. The van der Waals surface area contributed by atoms with Crippen LogP contribution in [-0.2, 0) is 0 Å². The minimum Gasteiger partial charge on any atom is -0.357 e. The molecule has 0 aromatic carbocycles. The topological polar surface area (TPSA) is 41.1 Å². The second-order valence-corrected chi connectivity index (χ2v) is 4.69. The molecule has 0 aliphatic carbocycles. The maximum absolute atomic E-state index is 6.13. The Morgan fingerprint density at radius 2 is 2.12 bits per heavy atom. The molecule has 0 unspecified atom stereocenters. The molecule has 0 saturated carbocycles. The largest absolute Gasteiger partial charge is 0.357 e. The highest BCUT2D eigenvalue weighted by atomic mass is 35.5. The zero-order valence-electron chi connectivity index (χ0n) is 9.70. The molecule has 1 aromatic rings. The van der Waals surface area contributed by atoms with Gasteiger partial charge in [0.1, 0.15) is 5.02 Å². The highest BCUT2D eigenvalue weighted by molar-refractivity contribution is 6.32. The van der Waals surface area contributed by atoms with Crippen LogP contribution in [0.2, 0.25) is 5.02 Å². The van der Waals surface area contributed by atoms with Crippen LogP contribution in [0.5, 0.6) is 0 Å². The molecule has 0 spiro atoms. The van der Waals surface area contributed by atoms with Crippen molar-refractivity contribution in [2.75, 3.05) is 30.4 Å². The van der Waals surface area contributed by atoms with Crippen molar-refractivity contribution in [3.05, 3.63) is 11.2 Å². The van der Waals surface area contributed by atoms with Gasteiger partial charge in [0.2, 0.25) is 5.95 Å². The van der Waals surface area contributed by atoms with Gasteiger partial charge >= 0.3 is 0 Å². The average Bonchev–Trinajstić information content (AvgIpc) is 2.31. The second-order valence-electron chi connectivity index (χ2n) is 4.28. The number of hydrogen-bond donors (Lipinski definition) is 1. The van der Waals surface area contributed by atoms with Crippen LogP contribution in [-0.4, -0.2) is 30.1 Å². The van der Waals surface area contributed by atoms with Crippen LogP contribution in [0, 0.1) is 5.92 Å². The van der Waals surface area contributed by atoms with E-state index in [2.05, 4.69) is 27.1 Å². The van der Waals surface area contributed by atoms with Crippen molar-refractivity contribution >= 4 is 23.4 Å². The summed E-state index contributed by atoms with van der Waals surface area (Å²) in [4.78, 5) is 10.7. The van der Waals surface area contributed by atoms with Gasteiger partial charge < -0.3 is 10.2 Å². The molecule has 0 amide bonds. The van der Waals surface area contributed by atoms with Gasteiger partial charge in [-0.3, -0.25) is 0 Å². The summed E-state index contributed by atoms with van der Waals surface area (Å²) >= 11 is 6.13. The first kappa shape index (κ1) is 11.5. The average molecular weight is 241 g/mol. The summed E-state index contributed by atoms with van der Waals surface area (Å²) < 4.78 is 0. The third-order valence-electron chi connectivity index (χ3n) is 3.03. The maximum Gasteiger partial charge on any atom is 0.224 e. The van der Waals surface area contributed by atoms with E-state index in [1.165, 1.54) is 12.8 Å². The van der Waals surface area contributed by atoms with Crippen LogP contribution in [0.15, 0.2) is 6.20 Å². The number of nitrogens with one attached hydrogen (secondary N) is 1. The Kier molecular flexibility index (Phi) is 3.49.